The van der Waals surface area contributed by atoms with Crippen molar-refractivity contribution < 1.29 is 9.90 Å². The third-order valence-electron chi connectivity index (χ3n) is 3.21. The zero-order valence-electron chi connectivity index (χ0n) is 10.3. The van der Waals surface area contributed by atoms with E-state index < -0.39 is 0 Å². The van der Waals surface area contributed by atoms with Gasteiger partial charge in [0.15, 0.2) is 5.69 Å². The van der Waals surface area contributed by atoms with Crippen molar-refractivity contribution in [3.05, 3.63) is 11.9 Å². The summed E-state index contributed by atoms with van der Waals surface area (Å²) in [6.45, 7) is 1.68. The summed E-state index contributed by atoms with van der Waals surface area (Å²) in [5.41, 5.74) is 5.74. The summed E-state index contributed by atoms with van der Waals surface area (Å²) >= 11 is 0. The number of aliphatic hydroxyl groups is 1. The van der Waals surface area contributed by atoms with Gasteiger partial charge in [0, 0.05) is 13.1 Å². The van der Waals surface area contributed by atoms with Crippen molar-refractivity contribution >= 4 is 5.91 Å². The molecule has 1 aromatic heterocycles. The van der Waals surface area contributed by atoms with Crippen molar-refractivity contribution in [2.75, 3.05) is 19.7 Å². The second kappa shape index (κ2) is 5.92. The molecule has 0 aromatic carbocycles. The van der Waals surface area contributed by atoms with Gasteiger partial charge in [0.2, 0.25) is 0 Å². The number of carbonyl (C=O) groups excluding carboxylic acids is 1. The fourth-order valence-electron chi connectivity index (χ4n) is 2.24. The van der Waals surface area contributed by atoms with Gasteiger partial charge in [0.05, 0.1) is 25.4 Å². The highest BCUT2D eigenvalue weighted by Crippen LogP contribution is 2.18. The molecule has 0 radical (unpaired) electrons. The zero-order valence-corrected chi connectivity index (χ0v) is 10.3. The standard InChI is InChI=1S/C11H19N5O2/c12-4-6-15-7-10(13-14-15)11(18)16-5-2-1-3-9(16)8-17/h7,9,17H,1-6,8,12H2. The van der Waals surface area contributed by atoms with Crippen molar-refractivity contribution in [2.24, 2.45) is 5.73 Å². The van der Waals surface area contributed by atoms with Crippen LogP contribution in [0.25, 0.3) is 0 Å². The molecule has 0 saturated carbocycles. The van der Waals surface area contributed by atoms with Crippen LogP contribution in [0.1, 0.15) is 29.8 Å². The van der Waals surface area contributed by atoms with Gasteiger partial charge in [-0.2, -0.15) is 0 Å². The van der Waals surface area contributed by atoms with Crippen LogP contribution >= 0.6 is 0 Å². The summed E-state index contributed by atoms with van der Waals surface area (Å²) in [6.07, 6.45) is 4.48. The van der Waals surface area contributed by atoms with Crippen molar-refractivity contribution in [1.29, 1.82) is 0 Å². The van der Waals surface area contributed by atoms with Crippen LogP contribution in [0.4, 0.5) is 0 Å². The summed E-state index contributed by atoms with van der Waals surface area (Å²) < 4.78 is 1.56. The first kappa shape index (κ1) is 13.0. The number of aliphatic hydroxyl groups excluding tert-OH is 1. The number of likely N-dealkylation sites (tertiary alicyclic amines) is 1. The van der Waals surface area contributed by atoms with E-state index >= 15 is 0 Å². The van der Waals surface area contributed by atoms with Crippen LogP contribution in [-0.2, 0) is 6.54 Å². The molecule has 1 atom stereocenters. The molecule has 1 aliphatic rings. The van der Waals surface area contributed by atoms with Gasteiger partial charge in [0.25, 0.3) is 5.91 Å². The van der Waals surface area contributed by atoms with Crippen molar-refractivity contribution in [2.45, 2.75) is 31.8 Å². The summed E-state index contributed by atoms with van der Waals surface area (Å²) in [7, 11) is 0. The van der Waals surface area contributed by atoms with E-state index in [1.165, 1.54) is 0 Å². The molecule has 1 aromatic rings. The number of nitrogens with zero attached hydrogens (tertiary/aromatic N) is 4. The molecule has 1 fully saturated rings. The van der Waals surface area contributed by atoms with Gasteiger partial charge in [-0.3, -0.25) is 9.48 Å². The fraction of sp³-hybridized carbons (Fsp3) is 0.727. The predicted molar refractivity (Wildman–Crippen MR) is 64.8 cm³/mol. The Morgan fingerprint density at radius 2 is 2.39 bits per heavy atom. The second-order valence-electron chi connectivity index (χ2n) is 4.49. The summed E-state index contributed by atoms with van der Waals surface area (Å²) in [4.78, 5) is 13.9. The van der Waals surface area contributed by atoms with Crippen LogP contribution in [-0.4, -0.2) is 56.6 Å². The Morgan fingerprint density at radius 1 is 1.56 bits per heavy atom. The van der Waals surface area contributed by atoms with E-state index in [2.05, 4.69) is 10.3 Å². The lowest BCUT2D eigenvalue weighted by molar-refractivity contribution is 0.0497. The Bertz CT molecular complexity index is 406. The molecule has 1 saturated heterocycles. The van der Waals surface area contributed by atoms with Crippen molar-refractivity contribution in [1.82, 2.24) is 19.9 Å². The molecule has 3 N–H and O–H groups in total. The van der Waals surface area contributed by atoms with Gasteiger partial charge in [0.1, 0.15) is 0 Å². The quantitative estimate of drug-likeness (QED) is 0.734. The topological polar surface area (TPSA) is 97.3 Å². The number of nitrogens with two attached hydrogens (primary N) is 1. The SMILES string of the molecule is NCCn1cc(C(=O)N2CCCCC2CO)nn1. The Hall–Kier alpha value is -1.47. The number of carbonyl (C=O) groups is 1. The van der Waals surface area contributed by atoms with Crippen LogP contribution in [0.3, 0.4) is 0 Å². The highest BCUT2D eigenvalue weighted by molar-refractivity contribution is 5.92. The number of hydrogen-bond acceptors (Lipinski definition) is 5. The Morgan fingerprint density at radius 3 is 3.11 bits per heavy atom. The smallest absolute Gasteiger partial charge is 0.276 e. The van der Waals surface area contributed by atoms with Crippen LogP contribution in [0.5, 0.6) is 0 Å². The van der Waals surface area contributed by atoms with E-state index in [-0.39, 0.29) is 18.6 Å². The van der Waals surface area contributed by atoms with Crippen LogP contribution < -0.4 is 5.73 Å². The largest absolute Gasteiger partial charge is 0.394 e. The average Bonchev–Trinajstić information content (AvgIpc) is 2.87. The van der Waals surface area contributed by atoms with E-state index in [9.17, 15) is 9.90 Å². The lowest BCUT2D eigenvalue weighted by Crippen LogP contribution is -2.45. The highest BCUT2D eigenvalue weighted by Gasteiger charge is 2.28. The number of hydrogen-bond donors (Lipinski definition) is 2. The molecule has 0 spiro atoms. The van der Waals surface area contributed by atoms with Gasteiger partial charge in [-0.25, -0.2) is 0 Å². The molecule has 18 heavy (non-hydrogen) atoms. The maximum atomic E-state index is 12.3. The molecule has 1 amide bonds. The third kappa shape index (κ3) is 2.68. The first-order chi connectivity index (χ1) is 8.76. The molecule has 100 valence electrons. The Labute approximate surface area is 106 Å². The minimum Gasteiger partial charge on any atom is -0.394 e. The van der Waals surface area contributed by atoms with Gasteiger partial charge < -0.3 is 15.7 Å². The molecular formula is C11H19N5O2. The first-order valence-electron chi connectivity index (χ1n) is 6.28. The minimum atomic E-state index is -0.156. The van der Waals surface area contributed by atoms with E-state index in [1.807, 2.05) is 0 Å². The number of rotatable bonds is 4. The Kier molecular flexibility index (Phi) is 4.27. The maximum absolute atomic E-state index is 12.3. The van der Waals surface area contributed by atoms with Crippen LogP contribution in [0.15, 0.2) is 6.20 Å². The lowest BCUT2D eigenvalue weighted by Gasteiger charge is -2.33. The van der Waals surface area contributed by atoms with E-state index in [4.69, 9.17) is 5.73 Å². The number of aromatic nitrogens is 3. The van der Waals surface area contributed by atoms with E-state index in [1.54, 1.807) is 15.8 Å². The molecular weight excluding hydrogens is 234 g/mol. The Balaban J connectivity index is 2.08. The molecule has 7 nitrogen and oxygen atoms in total. The summed E-state index contributed by atoms with van der Waals surface area (Å²) in [5.74, 6) is -0.156. The second-order valence-corrected chi connectivity index (χ2v) is 4.49. The molecule has 1 aliphatic heterocycles. The normalized spacial score (nSPS) is 20.1. The minimum absolute atomic E-state index is 0.00266. The molecule has 2 heterocycles. The third-order valence-corrected chi connectivity index (χ3v) is 3.21. The molecule has 1 unspecified atom stereocenters. The van der Waals surface area contributed by atoms with Gasteiger partial charge in [-0.05, 0) is 19.3 Å². The highest BCUT2D eigenvalue weighted by atomic mass is 16.3. The number of piperidine rings is 1. The monoisotopic (exact) mass is 253 g/mol. The van der Waals surface area contributed by atoms with Gasteiger partial charge in [-0.15, -0.1) is 5.10 Å². The number of amides is 1. The molecule has 0 aliphatic carbocycles. The van der Waals surface area contributed by atoms with Crippen LogP contribution in [0.2, 0.25) is 0 Å². The molecule has 7 heteroatoms. The van der Waals surface area contributed by atoms with Gasteiger partial charge in [-0.1, -0.05) is 5.21 Å². The van der Waals surface area contributed by atoms with Crippen molar-refractivity contribution in [3.8, 4) is 0 Å². The summed E-state index contributed by atoms with van der Waals surface area (Å²) in [5, 5.41) is 17.0. The average molecular weight is 253 g/mol. The fourth-order valence-corrected chi connectivity index (χ4v) is 2.24. The zero-order chi connectivity index (χ0) is 13.0. The maximum Gasteiger partial charge on any atom is 0.276 e. The summed E-state index contributed by atoms with van der Waals surface area (Å²) in [6, 6.07) is -0.0918. The molecule has 0 bridgehead atoms. The van der Waals surface area contributed by atoms with E-state index in [0.717, 1.165) is 19.3 Å². The van der Waals surface area contributed by atoms with Crippen molar-refractivity contribution in [3.63, 3.8) is 0 Å². The first-order valence-corrected chi connectivity index (χ1v) is 6.28. The van der Waals surface area contributed by atoms with Gasteiger partial charge >= 0.3 is 0 Å². The predicted octanol–water partition coefficient (Wildman–Crippen LogP) is -0.776. The van der Waals surface area contributed by atoms with Crippen LogP contribution in [0, 0.1) is 0 Å². The molecule has 2 rings (SSSR count). The lowest BCUT2D eigenvalue weighted by atomic mass is 10.0. The van der Waals surface area contributed by atoms with E-state index in [0.29, 0.717) is 25.3 Å².